The maximum Gasteiger partial charge on any atom is 0.320 e. The van der Waals surface area contributed by atoms with Crippen LogP contribution in [-0.2, 0) is 4.79 Å². The Hall–Kier alpha value is -1.55. The van der Waals surface area contributed by atoms with Crippen molar-refractivity contribution in [3.05, 3.63) is 29.8 Å². The van der Waals surface area contributed by atoms with Gasteiger partial charge in [-0.05, 0) is 30.5 Å². The van der Waals surface area contributed by atoms with E-state index in [1.807, 2.05) is 45.0 Å². The molecular weight excluding hydrogens is 230 g/mol. The third-order valence-electron chi connectivity index (χ3n) is 2.66. The van der Waals surface area contributed by atoms with Gasteiger partial charge in [-0.25, -0.2) is 0 Å². The first-order chi connectivity index (χ1) is 8.50. The summed E-state index contributed by atoms with van der Waals surface area (Å²) < 4.78 is 5.54. The van der Waals surface area contributed by atoms with Gasteiger partial charge in [0.1, 0.15) is 18.4 Å². The first kappa shape index (κ1) is 14.5. The summed E-state index contributed by atoms with van der Waals surface area (Å²) in [5, 5.41) is 12.0. The summed E-state index contributed by atoms with van der Waals surface area (Å²) in [6.45, 7) is 6.74. The summed E-state index contributed by atoms with van der Waals surface area (Å²) in [6, 6.07) is 7.27. The van der Waals surface area contributed by atoms with Gasteiger partial charge in [0.05, 0.1) is 0 Å². The molecule has 1 unspecified atom stereocenters. The van der Waals surface area contributed by atoms with Crippen LogP contribution in [0.2, 0.25) is 0 Å². The highest BCUT2D eigenvalue weighted by Gasteiger charge is 2.19. The fourth-order valence-electron chi connectivity index (χ4n) is 1.70. The molecule has 0 aliphatic rings. The van der Waals surface area contributed by atoms with Crippen LogP contribution in [0.15, 0.2) is 24.3 Å². The molecule has 0 heterocycles. The molecule has 2 N–H and O–H groups in total. The van der Waals surface area contributed by atoms with Crippen LogP contribution in [0.1, 0.15) is 19.4 Å². The standard InChI is InChI=1S/C14H21NO3/c1-10(2)13(14(16)17)15-7-8-18-12-6-4-5-11(3)9-12/h4-6,9-10,13,15H,7-8H2,1-3H3,(H,16,17). The molecule has 4 nitrogen and oxygen atoms in total. The highest BCUT2D eigenvalue weighted by atomic mass is 16.5. The van der Waals surface area contributed by atoms with E-state index in [0.717, 1.165) is 11.3 Å². The number of ether oxygens (including phenoxy) is 1. The Morgan fingerprint density at radius 2 is 2.17 bits per heavy atom. The molecule has 0 aromatic heterocycles. The first-order valence-corrected chi connectivity index (χ1v) is 6.16. The Kier molecular flexibility index (Phi) is 5.65. The minimum absolute atomic E-state index is 0.0569. The predicted octanol–water partition coefficient (Wildman–Crippen LogP) is 2.07. The lowest BCUT2D eigenvalue weighted by Crippen LogP contribution is -2.42. The zero-order valence-electron chi connectivity index (χ0n) is 11.1. The summed E-state index contributed by atoms with van der Waals surface area (Å²) in [5.41, 5.74) is 1.14. The van der Waals surface area contributed by atoms with Crippen LogP contribution in [-0.4, -0.2) is 30.3 Å². The number of aryl methyl sites for hydroxylation is 1. The average molecular weight is 251 g/mol. The number of aliphatic carboxylic acids is 1. The van der Waals surface area contributed by atoms with Gasteiger partial charge in [-0.3, -0.25) is 4.79 Å². The van der Waals surface area contributed by atoms with Crippen molar-refractivity contribution < 1.29 is 14.6 Å². The third kappa shape index (κ3) is 4.75. The van der Waals surface area contributed by atoms with E-state index in [-0.39, 0.29) is 5.92 Å². The summed E-state index contributed by atoms with van der Waals surface area (Å²) in [4.78, 5) is 10.9. The Balaban J connectivity index is 2.32. The smallest absolute Gasteiger partial charge is 0.320 e. The maximum absolute atomic E-state index is 10.9. The van der Waals surface area contributed by atoms with Crippen LogP contribution >= 0.6 is 0 Å². The largest absolute Gasteiger partial charge is 0.492 e. The van der Waals surface area contributed by atoms with Gasteiger partial charge in [0.25, 0.3) is 0 Å². The van der Waals surface area contributed by atoms with E-state index in [4.69, 9.17) is 9.84 Å². The fourth-order valence-corrected chi connectivity index (χ4v) is 1.70. The predicted molar refractivity (Wildman–Crippen MR) is 70.9 cm³/mol. The Bertz CT molecular complexity index is 390. The van der Waals surface area contributed by atoms with Gasteiger partial charge in [-0.15, -0.1) is 0 Å². The SMILES string of the molecule is Cc1cccc(OCCNC(C(=O)O)C(C)C)c1. The van der Waals surface area contributed by atoms with Crippen LogP contribution in [0, 0.1) is 12.8 Å². The van der Waals surface area contributed by atoms with Gasteiger partial charge in [0, 0.05) is 6.54 Å². The number of nitrogens with one attached hydrogen (secondary N) is 1. The highest BCUT2D eigenvalue weighted by molar-refractivity contribution is 5.73. The Labute approximate surface area is 108 Å². The number of benzene rings is 1. The minimum atomic E-state index is -0.819. The van der Waals surface area contributed by atoms with Crippen LogP contribution in [0.25, 0.3) is 0 Å². The molecule has 1 aromatic rings. The van der Waals surface area contributed by atoms with Crippen molar-refractivity contribution in [3.63, 3.8) is 0 Å². The quantitative estimate of drug-likeness (QED) is 0.728. The molecule has 0 saturated carbocycles. The van der Waals surface area contributed by atoms with Gasteiger partial charge in [0.15, 0.2) is 0 Å². The summed E-state index contributed by atoms with van der Waals surface area (Å²) in [6.07, 6.45) is 0. The van der Waals surface area contributed by atoms with Crippen molar-refractivity contribution in [2.75, 3.05) is 13.2 Å². The summed E-state index contributed by atoms with van der Waals surface area (Å²) in [5.74, 6) is 0.0512. The fraction of sp³-hybridized carbons (Fsp3) is 0.500. The van der Waals surface area contributed by atoms with Crippen molar-refractivity contribution >= 4 is 5.97 Å². The molecule has 0 aliphatic heterocycles. The monoisotopic (exact) mass is 251 g/mol. The number of carbonyl (C=O) groups is 1. The van der Waals surface area contributed by atoms with E-state index in [2.05, 4.69) is 5.32 Å². The molecule has 100 valence electrons. The van der Waals surface area contributed by atoms with Gasteiger partial charge in [-0.2, -0.15) is 0 Å². The van der Waals surface area contributed by atoms with E-state index in [1.165, 1.54) is 0 Å². The van der Waals surface area contributed by atoms with Crippen LogP contribution in [0.3, 0.4) is 0 Å². The zero-order valence-corrected chi connectivity index (χ0v) is 11.1. The lowest BCUT2D eigenvalue weighted by atomic mass is 10.1. The number of carboxylic acids is 1. The number of rotatable bonds is 7. The number of hydrogen-bond acceptors (Lipinski definition) is 3. The zero-order chi connectivity index (χ0) is 13.5. The van der Waals surface area contributed by atoms with E-state index in [1.54, 1.807) is 0 Å². The molecule has 0 bridgehead atoms. The topological polar surface area (TPSA) is 58.6 Å². The molecule has 1 atom stereocenters. The van der Waals surface area contributed by atoms with Gasteiger partial charge < -0.3 is 15.2 Å². The summed E-state index contributed by atoms with van der Waals surface area (Å²) >= 11 is 0. The van der Waals surface area contributed by atoms with Crippen molar-refractivity contribution in [3.8, 4) is 5.75 Å². The molecule has 0 amide bonds. The molecular formula is C14H21NO3. The van der Waals surface area contributed by atoms with Crippen molar-refractivity contribution in [1.82, 2.24) is 5.32 Å². The molecule has 1 aromatic carbocycles. The van der Waals surface area contributed by atoms with Crippen molar-refractivity contribution in [2.45, 2.75) is 26.8 Å². The van der Waals surface area contributed by atoms with Gasteiger partial charge >= 0.3 is 5.97 Å². The van der Waals surface area contributed by atoms with Gasteiger partial charge in [0.2, 0.25) is 0 Å². The normalized spacial score (nSPS) is 12.4. The first-order valence-electron chi connectivity index (χ1n) is 6.16. The second-order valence-corrected chi connectivity index (χ2v) is 4.68. The molecule has 0 radical (unpaired) electrons. The molecule has 18 heavy (non-hydrogen) atoms. The Morgan fingerprint density at radius 1 is 1.44 bits per heavy atom. The Morgan fingerprint density at radius 3 is 2.72 bits per heavy atom. The average Bonchev–Trinajstić information content (AvgIpc) is 2.27. The second-order valence-electron chi connectivity index (χ2n) is 4.68. The maximum atomic E-state index is 10.9. The number of hydrogen-bond donors (Lipinski definition) is 2. The molecule has 0 fully saturated rings. The molecule has 1 rings (SSSR count). The molecule has 0 spiro atoms. The van der Waals surface area contributed by atoms with E-state index < -0.39 is 12.0 Å². The highest BCUT2D eigenvalue weighted by Crippen LogP contribution is 2.11. The third-order valence-corrected chi connectivity index (χ3v) is 2.66. The molecule has 0 saturated heterocycles. The molecule has 0 aliphatic carbocycles. The van der Waals surface area contributed by atoms with Crippen LogP contribution in [0.5, 0.6) is 5.75 Å². The molecule has 4 heteroatoms. The van der Waals surface area contributed by atoms with Crippen molar-refractivity contribution in [2.24, 2.45) is 5.92 Å². The number of carboxylic acid groups (broad SMARTS) is 1. The van der Waals surface area contributed by atoms with Crippen molar-refractivity contribution in [1.29, 1.82) is 0 Å². The van der Waals surface area contributed by atoms with E-state index in [9.17, 15) is 4.79 Å². The van der Waals surface area contributed by atoms with Crippen LogP contribution < -0.4 is 10.1 Å². The second kappa shape index (κ2) is 7.01. The summed E-state index contributed by atoms with van der Waals surface area (Å²) in [7, 11) is 0. The van der Waals surface area contributed by atoms with E-state index in [0.29, 0.717) is 13.2 Å². The minimum Gasteiger partial charge on any atom is -0.492 e. The van der Waals surface area contributed by atoms with E-state index >= 15 is 0 Å². The lowest BCUT2D eigenvalue weighted by molar-refractivity contribution is -0.140. The van der Waals surface area contributed by atoms with Crippen LogP contribution in [0.4, 0.5) is 0 Å². The lowest BCUT2D eigenvalue weighted by Gasteiger charge is -2.18. The van der Waals surface area contributed by atoms with Gasteiger partial charge in [-0.1, -0.05) is 26.0 Å².